The van der Waals surface area contributed by atoms with Gasteiger partial charge in [-0.25, -0.2) is 4.79 Å². The van der Waals surface area contributed by atoms with E-state index in [9.17, 15) is 9.59 Å². The van der Waals surface area contributed by atoms with Gasteiger partial charge in [-0.2, -0.15) is 0 Å². The van der Waals surface area contributed by atoms with Crippen molar-refractivity contribution in [3.8, 4) is 0 Å². The normalized spacial score (nSPS) is 18.6. The van der Waals surface area contributed by atoms with E-state index >= 15 is 0 Å². The van der Waals surface area contributed by atoms with Gasteiger partial charge in [0.05, 0.1) is 11.0 Å². The molecule has 0 spiro atoms. The van der Waals surface area contributed by atoms with Crippen LogP contribution in [-0.2, 0) is 22.6 Å². The minimum atomic E-state index is -0.441. The van der Waals surface area contributed by atoms with Crippen molar-refractivity contribution in [1.82, 2.24) is 19.8 Å². The molecule has 1 aromatic heterocycles. The number of ether oxygens (including phenoxy) is 1. The summed E-state index contributed by atoms with van der Waals surface area (Å²) >= 11 is 0. The van der Waals surface area contributed by atoms with Crippen molar-refractivity contribution in [3.05, 3.63) is 107 Å². The predicted molar refractivity (Wildman–Crippen MR) is 145 cm³/mol. The number of benzene rings is 3. The molecule has 0 saturated carbocycles. The van der Waals surface area contributed by atoms with Gasteiger partial charge in [0.15, 0.2) is 0 Å². The van der Waals surface area contributed by atoms with Crippen LogP contribution in [0.3, 0.4) is 0 Å². The monoisotopic (exact) mass is 498 g/mol. The molecule has 37 heavy (non-hydrogen) atoms. The quantitative estimate of drug-likeness (QED) is 0.337. The molecule has 1 aliphatic heterocycles. The molecule has 1 saturated heterocycles. The first-order valence-corrected chi connectivity index (χ1v) is 13.0. The maximum absolute atomic E-state index is 13.1. The van der Waals surface area contributed by atoms with Gasteiger partial charge in [-0.3, -0.25) is 14.3 Å². The molecule has 2 unspecified atom stereocenters. The molecule has 192 valence electrons. The van der Waals surface area contributed by atoms with E-state index in [2.05, 4.69) is 46.4 Å². The van der Waals surface area contributed by atoms with Crippen molar-refractivity contribution in [3.63, 3.8) is 0 Å². The highest BCUT2D eigenvalue weighted by atomic mass is 16.5. The molecule has 0 aliphatic carbocycles. The van der Waals surface area contributed by atoms with E-state index in [4.69, 9.17) is 4.74 Å². The van der Waals surface area contributed by atoms with Crippen molar-refractivity contribution >= 4 is 17.0 Å². The molecule has 0 radical (unpaired) electrons. The fourth-order valence-corrected chi connectivity index (χ4v) is 5.16. The Morgan fingerprint density at radius 3 is 2.27 bits per heavy atom. The van der Waals surface area contributed by atoms with Crippen molar-refractivity contribution in [2.45, 2.75) is 51.0 Å². The first kappa shape index (κ1) is 25.0. The number of carbonyl (C=O) groups excluding carboxylic acids is 1. The topological polar surface area (TPSA) is 79.4 Å². The predicted octanol–water partition coefficient (Wildman–Crippen LogP) is 4.26. The Morgan fingerprint density at radius 2 is 1.59 bits per heavy atom. The van der Waals surface area contributed by atoms with Crippen LogP contribution in [0.4, 0.5) is 0 Å². The zero-order valence-corrected chi connectivity index (χ0v) is 21.2. The first-order chi connectivity index (χ1) is 18.1. The fourth-order valence-electron chi connectivity index (χ4n) is 5.16. The third kappa shape index (κ3) is 6.01. The number of hydrogen-bond donors (Lipinski definition) is 2. The van der Waals surface area contributed by atoms with Gasteiger partial charge in [-0.1, -0.05) is 72.8 Å². The summed E-state index contributed by atoms with van der Waals surface area (Å²) in [4.78, 5) is 31.0. The molecule has 5 rings (SSSR count). The summed E-state index contributed by atoms with van der Waals surface area (Å²) in [5.41, 5.74) is 4.00. The van der Waals surface area contributed by atoms with Crippen LogP contribution in [0.2, 0.25) is 0 Å². The van der Waals surface area contributed by atoms with E-state index in [1.165, 1.54) is 11.1 Å². The number of H-pyrrole nitrogens is 1. The number of nitrogens with zero attached hydrogens (tertiary/aromatic N) is 2. The van der Waals surface area contributed by atoms with Crippen molar-refractivity contribution in [2.24, 2.45) is 0 Å². The summed E-state index contributed by atoms with van der Waals surface area (Å²) in [6, 6.07) is 27.9. The van der Waals surface area contributed by atoms with Gasteiger partial charge < -0.3 is 15.0 Å². The lowest BCUT2D eigenvalue weighted by Crippen LogP contribution is -2.47. The van der Waals surface area contributed by atoms with Gasteiger partial charge in [-0.15, -0.1) is 0 Å². The summed E-state index contributed by atoms with van der Waals surface area (Å²) in [6.45, 7) is 4.58. The number of fused-ring (bicyclic) bond motifs is 1. The molecule has 2 heterocycles. The summed E-state index contributed by atoms with van der Waals surface area (Å²) in [5, 5.41) is 3.30. The van der Waals surface area contributed by atoms with Gasteiger partial charge in [0, 0.05) is 25.2 Å². The van der Waals surface area contributed by atoms with Crippen molar-refractivity contribution in [1.29, 1.82) is 0 Å². The molecule has 3 atom stereocenters. The zero-order chi connectivity index (χ0) is 25.6. The summed E-state index contributed by atoms with van der Waals surface area (Å²) in [5.74, 6) is -0.260. The number of para-hydroxylation sites is 2. The standard InChI is InChI=1S/C30H34N4O3/c1-22(33(19-23-10-4-2-5-11-23)20-24-12-6-3-7-13-24)21-37-29(35)27-18-25(16-17-31-27)34-28-15-9-8-14-26(28)32-30(34)36/h2-15,22,25,27,31H,16-21H2,1H3,(H,32,36)/t22?,25-,27?/m0/s1. The lowest BCUT2D eigenvalue weighted by atomic mass is 9.99. The Kier molecular flexibility index (Phi) is 7.82. The molecule has 0 bridgehead atoms. The Balaban J connectivity index is 1.23. The molecule has 7 heteroatoms. The smallest absolute Gasteiger partial charge is 0.326 e. The first-order valence-electron chi connectivity index (χ1n) is 13.0. The summed E-state index contributed by atoms with van der Waals surface area (Å²) in [7, 11) is 0. The maximum Gasteiger partial charge on any atom is 0.326 e. The number of hydrogen-bond acceptors (Lipinski definition) is 5. The lowest BCUT2D eigenvalue weighted by molar-refractivity contribution is -0.149. The van der Waals surface area contributed by atoms with Crippen LogP contribution in [0.15, 0.2) is 89.7 Å². The number of rotatable bonds is 9. The van der Waals surface area contributed by atoms with Crippen LogP contribution < -0.4 is 11.0 Å². The minimum Gasteiger partial charge on any atom is -0.463 e. The van der Waals surface area contributed by atoms with Crippen LogP contribution in [0.25, 0.3) is 11.0 Å². The third-order valence-electron chi connectivity index (χ3n) is 7.20. The van der Waals surface area contributed by atoms with E-state index in [-0.39, 0.29) is 23.7 Å². The fraction of sp³-hybridized carbons (Fsp3) is 0.333. The second-order valence-electron chi connectivity index (χ2n) is 9.86. The van der Waals surface area contributed by atoms with Gasteiger partial charge >= 0.3 is 11.7 Å². The van der Waals surface area contributed by atoms with Crippen LogP contribution in [0, 0.1) is 0 Å². The molecular formula is C30H34N4O3. The molecular weight excluding hydrogens is 464 g/mol. The van der Waals surface area contributed by atoms with Gasteiger partial charge in [0.1, 0.15) is 12.6 Å². The Morgan fingerprint density at radius 1 is 0.973 bits per heavy atom. The van der Waals surface area contributed by atoms with Crippen LogP contribution >= 0.6 is 0 Å². The SMILES string of the molecule is CC(COC(=O)C1C[C@@H](n2c(=O)[nH]c3ccccc32)CCN1)N(Cc1ccccc1)Cc1ccccc1. The largest absolute Gasteiger partial charge is 0.463 e. The highest BCUT2D eigenvalue weighted by molar-refractivity contribution is 5.77. The number of piperidine rings is 1. The van der Waals surface area contributed by atoms with Crippen molar-refractivity contribution < 1.29 is 9.53 Å². The second-order valence-corrected chi connectivity index (χ2v) is 9.86. The Hall–Kier alpha value is -3.68. The number of imidazole rings is 1. The molecule has 0 amide bonds. The molecule has 2 N–H and O–H groups in total. The second kappa shape index (κ2) is 11.6. The van der Waals surface area contributed by atoms with Crippen LogP contribution in [0.5, 0.6) is 0 Å². The number of nitrogens with one attached hydrogen (secondary N) is 2. The van der Waals surface area contributed by atoms with Gasteiger partial charge in [0.25, 0.3) is 0 Å². The summed E-state index contributed by atoms with van der Waals surface area (Å²) in [6.07, 6.45) is 1.30. The molecule has 3 aromatic carbocycles. The van der Waals surface area contributed by atoms with Crippen molar-refractivity contribution in [2.75, 3.05) is 13.2 Å². The third-order valence-corrected chi connectivity index (χ3v) is 7.20. The maximum atomic E-state index is 13.1. The number of esters is 1. The van der Waals surface area contributed by atoms with E-state index in [1.54, 1.807) is 4.57 Å². The Labute approximate surface area is 217 Å². The van der Waals surface area contributed by atoms with E-state index < -0.39 is 6.04 Å². The molecule has 4 aromatic rings. The molecule has 1 fully saturated rings. The lowest BCUT2D eigenvalue weighted by Gasteiger charge is -2.32. The average Bonchev–Trinajstić information content (AvgIpc) is 3.28. The van der Waals surface area contributed by atoms with Gasteiger partial charge in [-0.05, 0) is 49.6 Å². The summed E-state index contributed by atoms with van der Waals surface area (Å²) < 4.78 is 7.64. The Bertz CT molecular complexity index is 1320. The molecule has 1 aliphatic rings. The molecule has 7 nitrogen and oxygen atoms in total. The van der Waals surface area contributed by atoms with Gasteiger partial charge in [0.2, 0.25) is 0 Å². The van der Waals surface area contributed by atoms with Crippen LogP contribution in [-0.4, -0.2) is 45.7 Å². The minimum absolute atomic E-state index is 0.0278. The number of aromatic amines is 1. The highest BCUT2D eigenvalue weighted by Crippen LogP contribution is 2.25. The van der Waals surface area contributed by atoms with Crippen LogP contribution in [0.1, 0.15) is 36.9 Å². The highest BCUT2D eigenvalue weighted by Gasteiger charge is 2.31. The average molecular weight is 499 g/mol. The number of aromatic nitrogens is 2. The van der Waals surface area contributed by atoms with E-state index in [1.807, 2.05) is 60.7 Å². The zero-order valence-electron chi connectivity index (χ0n) is 21.2. The number of carbonyl (C=O) groups is 1. The van der Waals surface area contributed by atoms with E-state index in [0.29, 0.717) is 19.6 Å². The van der Waals surface area contributed by atoms with E-state index in [0.717, 1.165) is 30.5 Å².